The Morgan fingerprint density at radius 2 is 1.48 bits per heavy atom. The Hall–Kier alpha value is -2.46. The zero-order valence-electron chi connectivity index (χ0n) is 11.5. The van der Waals surface area contributed by atoms with Crippen molar-refractivity contribution in [2.45, 2.75) is 6.92 Å². The van der Waals surface area contributed by atoms with Crippen LogP contribution < -0.4 is 0 Å². The van der Waals surface area contributed by atoms with Crippen molar-refractivity contribution in [2.24, 2.45) is 0 Å². The van der Waals surface area contributed by atoms with Gasteiger partial charge in [0.2, 0.25) is 4.96 Å². The Bertz CT molecular complexity index is 892. The minimum Gasteiger partial charge on any atom is -0.217 e. The summed E-state index contributed by atoms with van der Waals surface area (Å²) in [5.41, 5.74) is 4.29. The van der Waals surface area contributed by atoms with E-state index in [0.717, 1.165) is 32.5 Å². The van der Waals surface area contributed by atoms with Crippen molar-refractivity contribution in [3.63, 3.8) is 0 Å². The van der Waals surface area contributed by atoms with Gasteiger partial charge >= 0.3 is 0 Å². The predicted octanol–water partition coefficient (Wildman–Crippen LogP) is 4.43. The van der Waals surface area contributed by atoms with Crippen LogP contribution in [0.1, 0.15) is 5.01 Å². The molecule has 4 aromatic rings. The second-order valence-electron chi connectivity index (χ2n) is 4.86. The lowest BCUT2D eigenvalue weighted by Gasteiger charge is -2.03. The first-order chi connectivity index (χ1) is 10.3. The van der Waals surface area contributed by atoms with Crippen LogP contribution in [0.2, 0.25) is 0 Å². The van der Waals surface area contributed by atoms with Gasteiger partial charge in [0.1, 0.15) is 16.4 Å². The molecule has 21 heavy (non-hydrogen) atoms. The van der Waals surface area contributed by atoms with Crippen LogP contribution in [0.25, 0.3) is 27.5 Å². The fourth-order valence-electron chi connectivity index (χ4n) is 2.50. The maximum absolute atomic E-state index is 4.80. The number of benzene rings is 2. The summed E-state index contributed by atoms with van der Waals surface area (Å²) in [5.74, 6) is 0. The topological polar surface area (TPSA) is 30.2 Å². The average molecular weight is 291 g/mol. The highest BCUT2D eigenvalue weighted by molar-refractivity contribution is 7.16. The number of fused-ring (bicyclic) bond motifs is 1. The lowest BCUT2D eigenvalue weighted by Crippen LogP contribution is -1.91. The van der Waals surface area contributed by atoms with E-state index in [2.05, 4.69) is 29.4 Å². The largest absolute Gasteiger partial charge is 0.217 e. The number of nitrogens with zero attached hydrogens (tertiary/aromatic N) is 3. The number of rotatable bonds is 2. The third-order valence-electron chi connectivity index (χ3n) is 3.40. The Kier molecular flexibility index (Phi) is 2.82. The van der Waals surface area contributed by atoms with Gasteiger partial charge in [-0.05, 0) is 6.92 Å². The molecule has 0 saturated carbocycles. The van der Waals surface area contributed by atoms with Gasteiger partial charge in [-0.1, -0.05) is 72.0 Å². The van der Waals surface area contributed by atoms with E-state index < -0.39 is 0 Å². The van der Waals surface area contributed by atoms with E-state index in [0.29, 0.717) is 0 Å². The number of aromatic nitrogens is 3. The van der Waals surface area contributed by atoms with Crippen LogP contribution in [0.3, 0.4) is 0 Å². The molecule has 0 N–H and O–H groups in total. The highest BCUT2D eigenvalue weighted by atomic mass is 32.1. The van der Waals surface area contributed by atoms with Crippen molar-refractivity contribution in [2.75, 3.05) is 0 Å². The van der Waals surface area contributed by atoms with Crippen molar-refractivity contribution < 1.29 is 0 Å². The Morgan fingerprint density at radius 1 is 0.857 bits per heavy atom. The Labute approximate surface area is 126 Å². The smallest absolute Gasteiger partial charge is 0.213 e. The van der Waals surface area contributed by atoms with E-state index in [1.807, 2.05) is 47.8 Å². The molecule has 0 amide bonds. The summed E-state index contributed by atoms with van der Waals surface area (Å²) >= 11 is 1.62. The third kappa shape index (κ3) is 2.04. The second-order valence-corrected chi connectivity index (χ2v) is 6.02. The third-order valence-corrected chi connectivity index (χ3v) is 4.22. The molecule has 0 radical (unpaired) electrons. The van der Waals surface area contributed by atoms with Gasteiger partial charge in [-0.3, -0.25) is 0 Å². The molecule has 102 valence electrons. The van der Waals surface area contributed by atoms with Gasteiger partial charge in [0.05, 0.1) is 0 Å². The van der Waals surface area contributed by atoms with E-state index in [9.17, 15) is 0 Å². The minimum atomic E-state index is 0.935. The highest BCUT2D eigenvalue weighted by Gasteiger charge is 2.18. The summed E-state index contributed by atoms with van der Waals surface area (Å²) in [6, 6.07) is 20.6. The second kappa shape index (κ2) is 4.82. The summed E-state index contributed by atoms with van der Waals surface area (Å²) in [6.07, 6.45) is 0. The molecule has 0 saturated heterocycles. The van der Waals surface area contributed by atoms with Crippen LogP contribution in [-0.2, 0) is 0 Å². The molecular weight excluding hydrogens is 278 g/mol. The standard InChI is InChI=1S/C17H13N3S/c1-12-19-20-16(14-10-6-3-7-11-14)15(18-17(20)21-12)13-8-4-2-5-9-13/h2-11H,1H3. The number of imidazole rings is 1. The molecule has 0 aliphatic carbocycles. The first-order valence-corrected chi connectivity index (χ1v) is 7.61. The average Bonchev–Trinajstić information content (AvgIpc) is 3.05. The molecular formula is C17H13N3S. The van der Waals surface area contributed by atoms with Crippen LogP contribution >= 0.6 is 11.3 Å². The van der Waals surface area contributed by atoms with Gasteiger partial charge in [0.25, 0.3) is 0 Å². The minimum absolute atomic E-state index is 0.935. The van der Waals surface area contributed by atoms with Crippen LogP contribution in [0, 0.1) is 6.92 Å². The number of hydrogen-bond acceptors (Lipinski definition) is 3. The van der Waals surface area contributed by atoms with Gasteiger partial charge in [0.15, 0.2) is 0 Å². The maximum atomic E-state index is 4.80. The van der Waals surface area contributed by atoms with Gasteiger partial charge in [0, 0.05) is 11.1 Å². The molecule has 0 atom stereocenters. The Morgan fingerprint density at radius 3 is 2.14 bits per heavy atom. The summed E-state index contributed by atoms with van der Waals surface area (Å²) in [6.45, 7) is 2.01. The lowest BCUT2D eigenvalue weighted by atomic mass is 10.1. The van der Waals surface area contributed by atoms with Crippen LogP contribution in [0.4, 0.5) is 0 Å². The highest BCUT2D eigenvalue weighted by Crippen LogP contribution is 2.33. The predicted molar refractivity (Wildman–Crippen MR) is 86.5 cm³/mol. The van der Waals surface area contributed by atoms with Crippen molar-refractivity contribution >= 4 is 16.3 Å². The van der Waals surface area contributed by atoms with Crippen molar-refractivity contribution in [1.29, 1.82) is 0 Å². The molecule has 0 unspecified atom stereocenters. The summed E-state index contributed by atoms with van der Waals surface area (Å²) in [7, 11) is 0. The molecule has 0 aliphatic heterocycles. The summed E-state index contributed by atoms with van der Waals surface area (Å²) in [4.78, 5) is 5.73. The van der Waals surface area contributed by atoms with E-state index >= 15 is 0 Å². The zero-order valence-corrected chi connectivity index (χ0v) is 12.3. The van der Waals surface area contributed by atoms with Crippen molar-refractivity contribution in [1.82, 2.24) is 14.6 Å². The SMILES string of the molecule is Cc1nn2c(-c3ccccc3)c(-c3ccccc3)nc2s1. The van der Waals surface area contributed by atoms with Gasteiger partial charge < -0.3 is 0 Å². The molecule has 0 spiro atoms. The number of aryl methyl sites for hydroxylation is 1. The molecule has 0 aliphatic rings. The lowest BCUT2D eigenvalue weighted by molar-refractivity contribution is 0.953. The molecule has 3 nitrogen and oxygen atoms in total. The summed E-state index contributed by atoms with van der Waals surface area (Å²) in [5, 5.41) is 5.63. The van der Waals surface area contributed by atoms with Crippen molar-refractivity contribution in [3.8, 4) is 22.5 Å². The zero-order chi connectivity index (χ0) is 14.2. The van der Waals surface area contributed by atoms with E-state index in [1.54, 1.807) is 11.3 Å². The fraction of sp³-hybridized carbons (Fsp3) is 0.0588. The molecule has 0 fully saturated rings. The molecule has 2 aromatic carbocycles. The quantitative estimate of drug-likeness (QED) is 0.547. The van der Waals surface area contributed by atoms with Crippen LogP contribution in [0.5, 0.6) is 0 Å². The van der Waals surface area contributed by atoms with E-state index in [4.69, 9.17) is 4.98 Å². The molecule has 2 heterocycles. The first-order valence-electron chi connectivity index (χ1n) is 6.80. The normalized spacial score (nSPS) is 11.1. The van der Waals surface area contributed by atoms with Crippen LogP contribution in [0.15, 0.2) is 60.7 Å². The Balaban J connectivity index is 2.05. The molecule has 4 rings (SSSR count). The molecule has 2 aromatic heterocycles. The molecule has 0 bridgehead atoms. The summed E-state index contributed by atoms with van der Waals surface area (Å²) < 4.78 is 1.96. The fourth-order valence-corrected chi connectivity index (χ4v) is 3.24. The van der Waals surface area contributed by atoms with Crippen molar-refractivity contribution in [3.05, 3.63) is 65.7 Å². The van der Waals surface area contributed by atoms with Gasteiger partial charge in [-0.25, -0.2) is 9.50 Å². The van der Waals surface area contributed by atoms with E-state index in [1.165, 1.54) is 0 Å². The number of hydrogen-bond donors (Lipinski definition) is 0. The van der Waals surface area contributed by atoms with Crippen LogP contribution in [-0.4, -0.2) is 14.6 Å². The maximum Gasteiger partial charge on any atom is 0.213 e. The first kappa shape index (κ1) is 12.3. The van der Waals surface area contributed by atoms with Gasteiger partial charge in [-0.15, -0.1) is 0 Å². The van der Waals surface area contributed by atoms with Gasteiger partial charge in [-0.2, -0.15) is 5.10 Å². The monoisotopic (exact) mass is 291 g/mol. The van der Waals surface area contributed by atoms with E-state index in [-0.39, 0.29) is 0 Å². The molecule has 4 heteroatoms.